The number of para-hydroxylation sites is 1. The van der Waals surface area contributed by atoms with E-state index < -0.39 is 5.82 Å². The minimum Gasteiger partial charge on any atom is -0.375 e. The van der Waals surface area contributed by atoms with Crippen molar-refractivity contribution in [1.82, 2.24) is 25.0 Å². The van der Waals surface area contributed by atoms with Crippen molar-refractivity contribution in [2.75, 3.05) is 25.4 Å². The van der Waals surface area contributed by atoms with Crippen LogP contribution in [0, 0.1) is 11.7 Å². The molecule has 3 N–H and O–H groups in total. The van der Waals surface area contributed by atoms with E-state index in [4.69, 9.17) is 5.73 Å². The summed E-state index contributed by atoms with van der Waals surface area (Å²) in [5.74, 6) is -0.531. The zero-order valence-electron chi connectivity index (χ0n) is 19.2. The van der Waals surface area contributed by atoms with Crippen LogP contribution in [-0.2, 0) is 7.05 Å². The van der Waals surface area contributed by atoms with Crippen LogP contribution >= 0.6 is 11.3 Å². The highest BCUT2D eigenvalue weighted by Gasteiger charge is 2.30. The highest BCUT2D eigenvalue weighted by molar-refractivity contribution is 7.19. The summed E-state index contributed by atoms with van der Waals surface area (Å²) in [5, 5.41) is 8.27. The minimum atomic E-state index is -0.396. The third-order valence-electron chi connectivity index (χ3n) is 6.04. The first-order valence-corrected chi connectivity index (χ1v) is 12.2. The van der Waals surface area contributed by atoms with Gasteiger partial charge in [-0.1, -0.05) is 41.7 Å². The van der Waals surface area contributed by atoms with Gasteiger partial charge in [-0.3, -0.25) is 14.3 Å². The Morgan fingerprint density at radius 2 is 2.00 bits per heavy atom. The predicted octanol–water partition coefficient (Wildman–Crippen LogP) is 3.70. The number of rotatable bonds is 8. The quantitative estimate of drug-likeness (QED) is 0.390. The fraction of sp³-hybridized carbons (Fsp3) is 0.280. The van der Waals surface area contributed by atoms with E-state index in [-0.39, 0.29) is 29.2 Å². The van der Waals surface area contributed by atoms with Gasteiger partial charge in [-0.15, -0.1) is 0 Å². The Balaban J connectivity index is 1.32. The number of amides is 2. The van der Waals surface area contributed by atoms with Crippen LogP contribution in [0.2, 0.25) is 0 Å². The molecule has 0 spiro atoms. The molecule has 10 heteroatoms. The van der Waals surface area contributed by atoms with Crippen molar-refractivity contribution in [2.45, 2.75) is 12.8 Å². The second kappa shape index (κ2) is 9.46. The number of nitrogens with one attached hydrogen (secondary N) is 1. The Bertz CT molecular complexity index is 1410. The van der Waals surface area contributed by atoms with Crippen LogP contribution in [0.4, 0.5) is 9.52 Å². The monoisotopic (exact) mass is 492 g/mol. The maximum absolute atomic E-state index is 13.8. The SMILES string of the molecule is Cn1nc(C(=O)NCCN(CC2CC2)C(=O)c2nc(N)sc2-c2cccc(F)c2)c2ccccc21. The van der Waals surface area contributed by atoms with Crippen LogP contribution in [0.15, 0.2) is 48.5 Å². The van der Waals surface area contributed by atoms with Crippen molar-refractivity contribution in [3.8, 4) is 10.4 Å². The first-order valence-electron chi connectivity index (χ1n) is 11.4. The van der Waals surface area contributed by atoms with E-state index in [2.05, 4.69) is 15.4 Å². The lowest BCUT2D eigenvalue weighted by molar-refractivity contribution is 0.0736. The molecular formula is C25H25FN6O2S. The number of nitrogen functional groups attached to an aromatic ring is 1. The number of benzene rings is 2. The third-order valence-corrected chi connectivity index (χ3v) is 6.97. The summed E-state index contributed by atoms with van der Waals surface area (Å²) >= 11 is 1.16. The van der Waals surface area contributed by atoms with E-state index in [0.29, 0.717) is 35.1 Å². The van der Waals surface area contributed by atoms with Gasteiger partial charge in [0.15, 0.2) is 10.8 Å². The number of nitrogens with two attached hydrogens (primary N) is 1. The molecule has 0 saturated heterocycles. The molecule has 0 unspecified atom stereocenters. The number of hydrogen-bond donors (Lipinski definition) is 2. The number of fused-ring (bicyclic) bond motifs is 1. The Morgan fingerprint density at radius 1 is 1.20 bits per heavy atom. The van der Waals surface area contributed by atoms with Crippen LogP contribution in [0.1, 0.15) is 33.8 Å². The summed E-state index contributed by atoms with van der Waals surface area (Å²) in [6.07, 6.45) is 2.12. The number of aryl methyl sites for hydroxylation is 1. The van der Waals surface area contributed by atoms with Crippen molar-refractivity contribution >= 4 is 39.2 Å². The molecule has 180 valence electrons. The third kappa shape index (κ3) is 4.88. The average molecular weight is 493 g/mol. The van der Waals surface area contributed by atoms with Gasteiger partial charge in [-0.2, -0.15) is 5.10 Å². The van der Waals surface area contributed by atoms with Crippen molar-refractivity contribution in [3.63, 3.8) is 0 Å². The lowest BCUT2D eigenvalue weighted by atomic mass is 10.1. The maximum Gasteiger partial charge on any atom is 0.274 e. The normalized spacial score (nSPS) is 13.2. The van der Waals surface area contributed by atoms with Crippen LogP contribution in [0.3, 0.4) is 0 Å². The van der Waals surface area contributed by atoms with Gasteiger partial charge in [-0.25, -0.2) is 9.37 Å². The summed E-state index contributed by atoms with van der Waals surface area (Å²) < 4.78 is 15.5. The molecule has 5 rings (SSSR count). The summed E-state index contributed by atoms with van der Waals surface area (Å²) in [6, 6.07) is 13.6. The molecule has 2 amide bonds. The summed E-state index contributed by atoms with van der Waals surface area (Å²) in [6.45, 7) is 1.14. The molecule has 8 nitrogen and oxygen atoms in total. The first-order chi connectivity index (χ1) is 16.9. The number of aromatic nitrogens is 3. The van der Waals surface area contributed by atoms with E-state index in [1.165, 1.54) is 12.1 Å². The Hall–Kier alpha value is -3.79. The van der Waals surface area contributed by atoms with Gasteiger partial charge < -0.3 is 16.0 Å². The average Bonchev–Trinajstić information content (AvgIpc) is 3.49. The highest BCUT2D eigenvalue weighted by Crippen LogP contribution is 2.34. The predicted molar refractivity (Wildman–Crippen MR) is 134 cm³/mol. The van der Waals surface area contributed by atoms with Gasteiger partial charge >= 0.3 is 0 Å². The molecule has 1 fully saturated rings. The van der Waals surface area contributed by atoms with E-state index in [1.807, 2.05) is 24.3 Å². The van der Waals surface area contributed by atoms with E-state index >= 15 is 0 Å². The second-order valence-electron chi connectivity index (χ2n) is 8.68. The van der Waals surface area contributed by atoms with E-state index in [9.17, 15) is 14.0 Å². The smallest absolute Gasteiger partial charge is 0.274 e. The zero-order chi connectivity index (χ0) is 24.5. The zero-order valence-corrected chi connectivity index (χ0v) is 20.0. The van der Waals surface area contributed by atoms with Crippen molar-refractivity contribution < 1.29 is 14.0 Å². The Kier molecular flexibility index (Phi) is 6.21. The van der Waals surface area contributed by atoms with Crippen LogP contribution in [0.5, 0.6) is 0 Å². The summed E-state index contributed by atoms with van der Waals surface area (Å²) in [4.78, 5) is 32.9. The minimum absolute atomic E-state index is 0.209. The lowest BCUT2D eigenvalue weighted by Crippen LogP contribution is -2.40. The second-order valence-corrected chi connectivity index (χ2v) is 9.71. The molecule has 1 aliphatic rings. The standard InChI is InChI=1S/C25H25FN6O2S/c1-31-19-8-3-2-7-18(19)20(30-31)23(33)28-11-12-32(14-15-9-10-15)24(34)21-22(35-25(27)29-21)16-5-4-6-17(26)13-16/h2-8,13,15H,9-12,14H2,1H3,(H2,27,29)(H,28,33). The number of carbonyl (C=O) groups is 2. The number of thiazole rings is 1. The van der Waals surface area contributed by atoms with E-state index in [1.54, 1.807) is 28.8 Å². The topological polar surface area (TPSA) is 106 Å². The number of carbonyl (C=O) groups excluding carboxylic acids is 2. The van der Waals surface area contributed by atoms with Crippen LogP contribution < -0.4 is 11.1 Å². The fourth-order valence-electron chi connectivity index (χ4n) is 4.11. The summed E-state index contributed by atoms with van der Waals surface area (Å²) in [7, 11) is 1.80. The molecule has 2 aromatic carbocycles. The largest absolute Gasteiger partial charge is 0.375 e. The molecule has 0 radical (unpaired) electrons. The van der Waals surface area contributed by atoms with E-state index in [0.717, 1.165) is 35.1 Å². The van der Waals surface area contributed by atoms with Gasteiger partial charge in [0.2, 0.25) is 0 Å². The number of anilines is 1. The Labute approximate surface area is 205 Å². The molecule has 1 aliphatic carbocycles. The molecule has 4 aromatic rings. The molecule has 2 aromatic heterocycles. The molecule has 2 heterocycles. The van der Waals surface area contributed by atoms with Crippen molar-refractivity contribution in [3.05, 3.63) is 65.7 Å². The molecule has 0 atom stereocenters. The van der Waals surface area contributed by atoms with Gasteiger partial charge in [0.1, 0.15) is 11.5 Å². The van der Waals surface area contributed by atoms with Crippen molar-refractivity contribution in [2.24, 2.45) is 13.0 Å². The lowest BCUT2D eigenvalue weighted by Gasteiger charge is -2.22. The van der Waals surface area contributed by atoms with Gasteiger partial charge in [-0.05, 0) is 42.5 Å². The highest BCUT2D eigenvalue weighted by atomic mass is 32.1. The van der Waals surface area contributed by atoms with Gasteiger partial charge in [0.05, 0.1) is 10.4 Å². The first kappa shape index (κ1) is 23.0. The van der Waals surface area contributed by atoms with Gasteiger partial charge in [0, 0.05) is 32.1 Å². The Morgan fingerprint density at radius 3 is 2.77 bits per heavy atom. The van der Waals surface area contributed by atoms with Crippen LogP contribution in [0.25, 0.3) is 21.3 Å². The fourth-order valence-corrected chi connectivity index (χ4v) is 4.93. The number of nitrogens with zero attached hydrogens (tertiary/aromatic N) is 4. The molecular weight excluding hydrogens is 467 g/mol. The number of halogens is 1. The van der Waals surface area contributed by atoms with Gasteiger partial charge in [0.25, 0.3) is 11.8 Å². The summed E-state index contributed by atoms with van der Waals surface area (Å²) in [5.41, 5.74) is 7.92. The molecule has 1 saturated carbocycles. The molecule has 0 aliphatic heterocycles. The molecule has 35 heavy (non-hydrogen) atoms. The van der Waals surface area contributed by atoms with Crippen LogP contribution in [-0.4, -0.2) is 51.1 Å². The van der Waals surface area contributed by atoms with Crippen molar-refractivity contribution in [1.29, 1.82) is 0 Å². The molecule has 0 bridgehead atoms. The maximum atomic E-state index is 13.8. The number of hydrogen-bond acceptors (Lipinski definition) is 6.